The summed E-state index contributed by atoms with van der Waals surface area (Å²) < 4.78 is 0. The van der Waals surface area contributed by atoms with Crippen LogP contribution in [-0.4, -0.2) is 14.9 Å². The molecule has 0 aliphatic heterocycles. The highest BCUT2D eigenvalue weighted by molar-refractivity contribution is 6.28. The first-order valence-corrected chi connectivity index (χ1v) is 5.62. The molecule has 0 amide bonds. The lowest BCUT2D eigenvalue weighted by Crippen LogP contribution is -1.98. The Bertz CT molecular complexity index is 629. The molecule has 0 fully saturated rings. The molecule has 0 aliphatic rings. The van der Waals surface area contributed by atoms with E-state index in [1.807, 2.05) is 26.0 Å². The Morgan fingerprint density at radius 1 is 1.33 bits per heavy atom. The molecule has 5 nitrogen and oxygen atoms in total. The molecule has 0 saturated carbocycles. The van der Waals surface area contributed by atoms with Gasteiger partial charge in [-0.2, -0.15) is 0 Å². The molecule has 2 aromatic rings. The van der Waals surface area contributed by atoms with E-state index in [0.29, 0.717) is 5.56 Å². The lowest BCUT2D eigenvalue weighted by atomic mass is 10.0. The Morgan fingerprint density at radius 2 is 2.06 bits per heavy atom. The van der Waals surface area contributed by atoms with Crippen molar-refractivity contribution < 1.29 is 4.92 Å². The van der Waals surface area contributed by atoms with Crippen LogP contribution in [0, 0.1) is 24.0 Å². The number of aryl methyl sites for hydroxylation is 1. The number of hydrogen-bond acceptors (Lipinski definition) is 4. The smallest absolute Gasteiger partial charge is 0.258 e. The van der Waals surface area contributed by atoms with E-state index in [2.05, 4.69) is 9.97 Å². The van der Waals surface area contributed by atoms with Gasteiger partial charge in [0, 0.05) is 5.56 Å². The molecule has 0 aliphatic carbocycles. The first-order chi connectivity index (χ1) is 8.50. The fourth-order valence-electron chi connectivity index (χ4n) is 1.69. The lowest BCUT2D eigenvalue weighted by Gasteiger charge is -2.08. The van der Waals surface area contributed by atoms with Crippen molar-refractivity contribution in [1.29, 1.82) is 0 Å². The molecule has 0 spiro atoms. The van der Waals surface area contributed by atoms with Crippen molar-refractivity contribution in [2.24, 2.45) is 0 Å². The molecule has 0 saturated heterocycles. The molecule has 0 N–H and O–H groups in total. The zero-order valence-electron chi connectivity index (χ0n) is 9.85. The summed E-state index contributed by atoms with van der Waals surface area (Å²) in [5, 5.41) is 11.0. The third-order valence-electron chi connectivity index (χ3n) is 2.80. The van der Waals surface area contributed by atoms with Crippen molar-refractivity contribution in [1.82, 2.24) is 9.97 Å². The summed E-state index contributed by atoms with van der Waals surface area (Å²) in [6.07, 6.45) is 1.13. The quantitative estimate of drug-likeness (QED) is 0.473. The third-order valence-corrected chi connectivity index (χ3v) is 2.98. The minimum absolute atomic E-state index is 0.00324. The fourth-order valence-corrected chi connectivity index (χ4v) is 1.83. The number of rotatable bonds is 2. The van der Waals surface area contributed by atoms with Crippen LogP contribution >= 0.6 is 11.6 Å². The Kier molecular flexibility index (Phi) is 3.25. The predicted octanol–water partition coefficient (Wildman–Crippen LogP) is 3.32. The van der Waals surface area contributed by atoms with Crippen LogP contribution in [0.2, 0.25) is 5.28 Å². The van der Waals surface area contributed by atoms with E-state index in [1.54, 1.807) is 6.07 Å². The van der Waals surface area contributed by atoms with E-state index >= 15 is 0 Å². The van der Waals surface area contributed by atoms with Crippen molar-refractivity contribution in [2.75, 3.05) is 0 Å². The SMILES string of the molecule is Cc1cccc(-c2nc(Cl)ncc2[N+](=O)[O-])c1C. The maximum Gasteiger partial charge on any atom is 0.313 e. The van der Waals surface area contributed by atoms with Gasteiger partial charge in [0.2, 0.25) is 5.28 Å². The van der Waals surface area contributed by atoms with Crippen molar-refractivity contribution in [3.05, 3.63) is 50.9 Å². The summed E-state index contributed by atoms with van der Waals surface area (Å²) in [5.74, 6) is 0. The normalized spacial score (nSPS) is 10.4. The molecule has 1 aromatic heterocycles. The Morgan fingerprint density at radius 3 is 2.72 bits per heavy atom. The molecular formula is C12H10ClN3O2. The van der Waals surface area contributed by atoms with E-state index < -0.39 is 4.92 Å². The van der Waals surface area contributed by atoms with Crippen LogP contribution in [-0.2, 0) is 0 Å². The largest absolute Gasteiger partial charge is 0.313 e. The molecule has 18 heavy (non-hydrogen) atoms. The van der Waals surface area contributed by atoms with Crippen molar-refractivity contribution in [3.8, 4) is 11.3 Å². The van der Waals surface area contributed by atoms with Crippen molar-refractivity contribution >= 4 is 17.3 Å². The van der Waals surface area contributed by atoms with Gasteiger partial charge in [-0.3, -0.25) is 10.1 Å². The summed E-state index contributed by atoms with van der Waals surface area (Å²) >= 11 is 5.72. The molecule has 0 bridgehead atoms. The van der Waals surface area contributed by atoms with E-state index in [0.717, 1.165) is 17.3 Å². The van der Waals surface area contributed by atoms with Gasteiger partial charge in [0.25, 0.3) is 0 Å². The van der Waals surface area contributed by atoms with Crippen LogP contribution in [0.15, 0.2) is 24.4 Å². The summed E-state index contributed by atoms with van der Waals surface area (Å²) in [6.45, 7) is 3.83. The highest BCUT2D eigenvalue weighted by Gasteiger charge is 2.20. The minimum atomic E-state index is -0.507. The second-order valence-electron chi connectivity index (χ2n) is 3.88. The maximum atomic E-state index is 11.0. The van der Waals surface area contributed by atoms with Crippen LogP contribution in [0.5, 0.6) is 0 Å². The molecular weight excluding hydrogens is 254 g/mol. The Hall–Kier alpha value is -2.01. The highest BCUT2D eigenvalue weighted by atomic mass is 35.5. The molecule has 0 unspecified atom stereocenters. The average molecular weight is 264 g/mol. The number of nitrogens with zero attached hydrogens (tertiary/aromatic N) is 3. The maximum absolute atomic E-state index is 11.0. The second-order valence-corrected chi connectivity index (χ2v) is 4.22. The van der Waals surface area contributed by atoms with E-state index in [-0.39, 0.29) is 16.7 Å². The number of hydrogen-bond donors (Lipinski definition) is 0. The molecule has 92 valence electrons. The first kappa shape index (κ1) is 12.4. The number of halogens is 1. The van der Waals surface area contributed by atoms with Crippen LogP contribution < -0.4 is 0 Å². The van der Waals surface area contributed by atoms with Crippen molar-refractivity contribution in [2.45, 2.75) is 13.8 Å². The van der Waals surface area contributed by atoms with Gasteiger partial charge in [-0.1, -0.05) is 18.2 Å². The number of nitro groups is 1. The van der Waals surface area contributed by atoms with Crippen LogP contribution in [0.25, 0.3) is 11.3 Å². The van der Waals surface area contributed by atoms with Crippen LogP contribution in [0.3, 0.4) is 0 Å². The molecule has 6 heteroatoms. The molecule has 1 heterocycles. The van der Waals surface area contributed by atoms with Gasteiger partial charge in [0.1, 0.15) is 6.20 Å². The van der Waals surface area contributed by atoms with Crippen LogP contribution in [0.1, 0.15) is 11.1 Å². The highest BCUT2D eigenvalue weighted by Crippen LogP contribution is 2.31. The average Bonchev–Trinajstić information content (AvgIpc) is 2.32. The predicted molar refractivity (Wildman–Crippen MR) is 68.6 cm³/mol. The summed E-state index contributed by atoms with van der Waals surface area (Å²) in [4.78, 5) is 18.1. The van der Waals surface area contributed by atoms with Crippen molar-refractivity contribution in [3.63, 3.8) is 0 Å². The third kappa shape index (κ3) is 2.17. The Labute approximate surface area is 109 Å². The molecule has 1 aromatic carbocycles. The van der Waals surface area contributed by atoms with Gasteiger partial charge in [-0.25, -0.2) is 9.97 Å². The van der Waals surface area contributed by atoms with E-state index in [1.165, 1.54) is 0 Å². The molecule has 2 rings (SSSR count). The summed E-state index contributed by atoms with van der Waals surface area (Å²) in [7, 11) is 0. The topological polar surface area (TPSA) is 68.9 Å². The fraction of sp³-hybridized carbons (Fsp3) is 0.167. The van der Waals surface area contributed by atoms with E-state index in [9.17, 15) is 10.1 Å². The molecule has 0 atom stereocenters. The van der Waals surface area contributed by atoms with Gasteiger partial charge in [-0.05, 0) is 36.6 Å². The first-order valence-electron chi connectivity index (χ1n) is 5.24. The number of aromatic nitrogens is 2. The van der Waals surface area contributed by atoms with Gasteiger partial charge < -0.3 is 0 Å². The van der Waals surface area contributed by atoms with Gasteiger partial charge in [0.05, 0.1) is 4.92 Å². The molecule has 0 radical (unpaired) electrons. The zero-order valence-corrected chi connectivity index (χ0v) is 10.6. The van der Waals surface area contributed by atoms with Gasteiger partial charge in [-0.15, -0.1) is 0 Å². The van der Waals surface area contributed by atoms with E-state index in [4.69, 9.17) is 11.6 Å². The minimum Gasteiger partial charge on any atom is -0.258 e. The standard InChI is InChI=1S/C12H10ClN3O2/c1-7-4-3-5-9(8(7)2)11-10(16(17)18)6-14-12(13)15-11/h3-6H,1-2H3. The van der Waals surface area contributed by atoms with Gasteiger partial charge >= 0.3 is 5.69 Å². The summed E-state index contributed by atoms with van der Waals surface area (Å²) in [6, 6.07) is 5.55. The summed E-state index contributed by atoms with van der Waals surface area (Å²) in [5.41, 5.74) is 2.78. The monoisotopic (exact) mass is 263 g/mol. The van der Waals surface area contributed by atoms with Crippen LogP contribution in [0.4, 0.5) is 5.69 Å². The number of benzene rings is 1. The van der Waals surface area contributed by atoms with Gasteiger partial charge in [0.15, 0.2) is 5.69 Å². The Balaban J connectivity index is 2.73. The second kappa shape index (κ2) is 4.70. The lowest BCUT2D eigenvalue weighted by molar-refractivity contribution is -0.384. The zero-order chi connectivity index (χ0) is 13.3.